The van der Waals surface area contributed by atoms with E-state index in [1.165, 1.54) is 24.4 Å². The fraction of sp³-hybridized carbons (Fsp3) is 0.476. The van der Waals surface area contributed by atoms with Gasteiger partial charge in [0.05, 0.1) is 11.8 Å². The lowest BCUT2D eigenvalue weighted by Crippen LogP contribution is -2.33. The molecule has 27 heavy (non-hydrogen) atoms. The summed E-state index contributed by atoms with van der Waals surface area (Å²) in [6.07, 6.45) is 3.47. The molecule has 3 atom stereocenters. The molecule has 0 spiro atoms. The van der Waals surface area contributed by atoms with Crippen molar-refractivity contribution >= 4 is 0 Å². The molecule has 2 heterocycles. The van der Waals surface area contributed by atoms with Crippen LogP contribution in [0.2, 0.25) is 0 Å². The van der Waals surface area contributed by atoms with Crippen molar-refractivity contribution in [1.29, 1.82) is 0 Å². The van der Waals surface area contributed by atoms with Gasteiger partial charge in [-0.05, 0) is 48.9 Å². The van der Waals surface area contributed by atoms with Gasteiger partial charge in [-0.15, -0.1) is 0 Å². The summed E-state index contributed by atoms with van der Waals surface area (Å²) in [4.78, 5) is 6.58. The van der Waals surface area contributed by atoms with Crippen LogP contribution in [0, 0.1) is 23.5 Å². The highest BCUT2D eigenvalue weighted by Crippen LogP contribution is 2.45. The molecule has 2 aromatic rings. The Morgan fingerprint density at radius 3 is 2.33 bits per heavy atom. The Kier molecular flexibility index (Phi) is 4.86. The normalized spacial score (nSPS) is 27.8. The molecule has 1 aliphatic heterocycles. The van der Waals surface area contributed by atoms with E-state index >= 15 is 0 Å². The first-order valence-electron chi connectivity index (χ1n) is 9.43. The monoisotopic (exact) mass is 374 g/mol. The molecule has 2 aliphatic rings. The van der Waals surface area contributed by atoms with Crippen LogP contribution in [0.1, 0.15) is 24.1 Å². The molecule has 2 fully saturated rings. The molecule has 4 nitrogen and oxygen atoms in total. The van der Waals surface area contributed by atoms with Gasteiger partial charge in [-0.2, -0.15) is 0 Å². The number of aliphatic hydroxyl groups is 1. The second kappa shape index (κ2) is 7.17. The van der Waals surface area contributed by atoms with Gasteiger partial charge in [-0.3, -0.25) is 4.98 Å². The Bertz CT molecular complexity index is 778. The summed E-state index contributed by atoms with van der Waals surface area (Å²) in [6, 6.07) is 7.31. The molecular formula is C21H24F2N2O2. The zero-order valence-electron chi connectivity index (χ0n) is 15.1. The van der Waals surface area contributed by atoms with Gasteiger partial charge >= 0.3 is 0 Å². The molecule has 1 aromatic heterocycles. The fourth-order valence-corrected chi connectivity index (χ4v) is 4.75. The van der Waals surface area contributed by atoms with Crippen LogP contribution in [0.4, 0.5) is 8.78 Å². The average molecular weight is 374 g/mol. The largest absolute Gasteiger partial charge is 0.506 e. The molecule has 0 radical (unpaired) electrons. The number of hydrogen-bond acceptors (Lipinski definition) is 4. The summed E-state index contributed by atoms with van der Waals surface area (Å²) in [5.41, 5.74) is -0.0881. The number of halogens is 2. The number of benzene rings is 1. The molecule has 4 rings (SSSR count). The third-order valence-corrected chi connectivity index (χ3v) is 6.00. The zero-order valence-corrected chi connectivity index (χ0v) is 15.1. The maximum atomic E-state index is 13.9. The topological polar surface area (TPSA) is 56.6 Å². The van der Waals surface area contributed by atoms with E-state index in [-0.39, 0.29) is 17.7 Å². The molecule has 1 saturated carbocycles. The average Bonchev–Trinajstić information content (AvgIpc) is 3.12. The van der Waals surface area contributed by atoms with Crippen molar-refractivity contribution in [2.75, 3.05) is 19.6 Å². The van der Waals surface area contributed by atoms with Gasteiger partial charge in [0.25, 0.3) is 0 Å². The third-order valence-electron chi connectivity index (χ3n) is 6.00. The van der Waals surface area contributed by atoms with Crippen molar-refractivity contribution < 1.29 is 19.0 Å². The van der Waals surface area contributed by atoms with Crippen LogP contribution in [0.5, 0.6) is 5.75 Å². The lowest BCUT2D eigenvalue weighted by atomic mass is 9.90. The minimum atomic E-state index is -1.02. The van der Waals surface area contributed by atoms with Crippen LogP contribution >= 0.6 is 0 Å². The molecule has 1 saturated heterocycles. The van der Waals surface area contributed by atoms with E-state index < -0.39 is 17.2 Å². The summed E-state index contributed by atoms with van der Waals surface area (Å²) in [5.74, 6) is -0.276. The first-order valence-corrected chi connectivity index (χ1v) is 9.43. The highest BCUT2D eigenvalue weighted by Gasteiger charge is 2.48. The molecule has 1 unspecified atom stereocenters. The molecule has 6 heteroatoms. The van der Waals surface area contributed by atoms with Crippen LogP contribution in [-0.2, 0) is 12.8 Å². The Morgan fingerprint density at radius 1 is 1.07 bits per heavy atom. The molecule has 0 amide bonds. The molecule has 1 aromatic carbocycles. The predicted molar refractivity (Wildman–Crippen MR) is 97.3 cm³/mol. The fourth-order valence-electron chi connectivity index (χ4n) is 4.75. The van der Waals surface area contributed by atoms with Crippen LogP contribution in [-0.4, -0.2) is 45.3 Å². The summed E-state index contributed by atoms with van der Waals surface area (Å²) in [7, 11) is 0. The van der Waals surface area contributed by atoms with Crippen molar-refractivity contribution in [2.45, 2.75) is 31.3 Å². The van der Waals surface area contributed by atoms with Gasteiger partial charge in [0.15, 0.2) is 0 Å². The number of nitrogens with zero attached hydrogens (tertiary/aromatic N) is 2. The maximum absolute atomic E-state index is 13.9. The Balaban J connectivity index is 1.33. The lowest BCUT2D eigenvalue weighted by molar-refractivity contribution is 0.0338. The number of rotatable bonds is 5. The third kappa shape index (κ3) is 3.96. The van der Waals surface area contributed by atoms with E-state index in [1.807, 2.05) is 6.07 Å². The van der Waals surface area contributed by atoms with Gasteiger partial charge in [0, 0.05) is 43.7 Å². The van der Waals surface area contributed by atoms with E-state index in [1.54, 1.807) is 6.07 Å². The van der Waals surface area contributed by atoms with Crippen molar-refractivity contribution in [2.24, 2.45) is 11.8 Å². The predicted octanol–water partition coefficient (Wildman–Crippen LogP) is 2.92. The molecule has 1 aliphatic carbocycles. The van der Waals surface area contributed by atoms with E-state index in [9.17, 15) is 19.0 Å². The number of hydrogen-bond donors (Lipinski definition) is 2. The Labute approximate surface area is 157 Å². The summed E-state index contributed by atoms with van der Waals surface area (Å²) < 4.78 is 27.9. The smallest absolute Gasteiger partial charge is 0.133 e. The minimum Gasteiger partial charge on any atom is -0.506 e. The van der Waals surface area contributed by atoms with Crippen LogP contribution < -0.4 is 0 Å². The quantitative estimate of drug-likeness (QED) is 0.845. The van der Waals surface area contributed by atoms with Gasteiger partial charge in [-0.1, -0.05) is 6.07 Å². The van der Waals surface area contributed by atoms with E-state index in [0.717, 1.165) is 31.7 Å². The number of aromatic hydroxyl groups is 1. The second-order valence-electron chi connectivity index (χ2n) is 8.05. The summed E-state index contributed by atoms with van der Waals surface area (Å²) in [5, 5.41) is 20.2. The highest BCUT2D eigenvalue weighted by atomic mass is 19.1. The summed E-state index contributed by atoms with van der Waals surface area (Å²) in [6.45, 7) is 2.67. The van der Waals surface area contributed by atoms with Crippen LogP contribution in [0.25, 0.3) is 0 Å². The lowest BCUT2D eigenvalue weighted by Gasteiger charge is -2.26. The van der Waals surface area contributed by atoms with Crippen molar-refractivity contribution in [3.05, 3.63) is 59.4 Å². The maximum Gasteiger partial charge on any atom is 0.133 e. The van der Waals surface area contributed by atoms with E-state index in [4.69, 9.17) is 0 Å². The van der Waals surface area contributed by atoms with E-state index in [0.29, 0.717) is 24.7 Å². The second-order valence-corrected chi connectivity index (χ2v) is 8.05. The van der Waals surface area contributed by atoms with Gasteiger partial charge < -0.3 is 15.1 Å². The van der Waals surface area contributed by atoms with Gasteiger partial charge in [0.1, 0.15) is 17.4 Å². The van der Waals surface area contributed by atoms with Gasteiger partial charge in [-0.25, -0.2) is 8.78 Å². The SMILES string of the molecule is Oc1ccc(CCN2C[C@@H]3CC(O)(Cc4c(F)cccc4F)C[C@@H]3C2)nc1. The Hall–Kier alpha value is -2.05. The number of aromatic nitrogens is 1. The minimum absolute atomic E-state index is 0.00441. The zero-order chi connectivity index (χ0) is 19.0. The molecule has 0 bridgehead atoms. The number of pyridine rings is 1. The standard InChI is InChI=1S/C21H24F2N2O2/c22-19-2-1-3-20(23)18(19)10-21(27)8-14-12-25(13-15(14)9-21)7-6-16-4-5-17(26)11-24-16/h1-5,11,14-15,26-27H,6-10,12-13H2/t14-,15+,21?. The van der Waals surface area contributed by atoms with Gasteiger partial charge in [0.2, 0.25) is 0 Å². The van der Waals surface area contributed by atoms with Crippen LogP contribution in [0.3, 0.4) is 0 Å². The first-order chi connectivity index (χ1) is 12.9. The van der Waals surface area contributed by atoms with Crippen molar-refractivity contribution in [1.82, 2.24) is 9.88 Å². The molecule has 2 N–H and O–H groups in total. The number of fused-ring (bicyclic) bond motifs is 1. The van der Waals surface area contributed by atoms with Crippen LogP contribution in [0.15, 0.2) is 36.5 Å². The highest BCUT2D eigenvalue weighted by molar-refractivity contribution is 5.23. The van der Waals surface area contributed by atoms with Crippen molar-refractivity contribution in [3.8, 4) is 5.75 Å². The van der Waals surface area contributed by atoms with E-state index in [2.05, 4.69) is 9.88 Å². The summed E-state index contributed by atoms with van der Waals surface area (Å²) >= 11 is 0. The number of likely N-dealkylation sites (tertiary alicyclic amines) is 1. The van der Waals surface area contributed by atoms with Crippen molar-refractivity contribution in [3.63, 3.8) is 0 Å². The molecule has 144 valence electrons. The first kappa shape index (κ1) is 18.3. The molecular weight excluding hydrogens is 350 g/mol. The Morgan fingerprint density at radius 2 is 1.74 bits per heavy atom.